The number of hydrogen-bond donors (Lipinski definition) is 0. The molecule has 1 atom stereocenters. The quantitative estimate of drug-likeness (QED) is 0.633. The molecule has 2 nitrogen and oxygen atoms in total. The Labute approximate surface area is 148 Å². The van der Waals surface area contributed by atoms with Gasteiger partial charge in [0, 0.05) is 18.4 Å². The maximum absolute atomic E-state index is 13.1. The monoisotopic (exact) mass is 338 g/mol. The molecule has 2 aromatic rings. The van der Waals surface area contributed by atoms with Crippen LogP contribution in [0.4, 0.5) is 4.39 Å². The molecule has 0 aliphatic heterocycles. The molecule has 3 heteroatoms. The van der Waals surface area contributed by atoms with Crippen molar-refractivity contribution in [3.8, 4) is 0 Å². The fraction of sp³-hybridized carbons (Fsp3) is 0.273. The Morgan fingerprint density at radius 2 is 1.60 bits per heavy atom. The number of halogens is 1. The van der Waals surface area contributed by atoms with Crippen molar-refractivity contribution in [1.82, 2.24) is 0 Å². The number of carbonyl (C=O) groups excluding carboxylic acids is 2. The highest BCUT2D eigenvalue weighted by atomic mass is 19.1. The lowest BCUT2D eigenvalue weighted by Gasteiger charge is -2.18. The van der Waals surface area contributed by atoms with Gasteiger partial charge in [-0.15, -0.1) is 0 Å². The molecule has 130 valence electrons. The van der Waals surface area contributed by atoms with Crippen LogP contribution in [0.3, 0.4) is 0 Å². The van der Waals surface area contributed by atoms with Gasteiger partial charge in [-0.25, -0.2) is 4.39 Å². The maximum atomic E-state index is 13.1. The summed E-state index contributed by atoms with van der Waals surface area (Å²) in [7, 11) is 0. The molecular formula is C22H23FO2. The Kier molecular flexibility index (Phi) is 6.81. The van der Waals surface area contributed by atoms with Crippen LogP contribution in [0.25, 0.3) is 6.08 Å². The third-order valence-electron chi connectivity index (χ3n) is 4.23. The maximum Gasteiger partial charge on any atom is 0.159 e. The van der Waals surface area contributed by atoms with Gasteiger partial charge in [-0.1, -0.05) is 56.3 Å². The second-order valence-electron chi connectivity index (χ2n) is 5.99. The number of carbonyl (C=O) groups is 2. The van der Waals surface area contributed by atoms with Crippen molar-refractivity contribution in [2.45, 2.75) is 33.1 Å². The minimum absolute atomic E-state index is 0.0408. The number of benzene rings is 2. The van der Waals surface area contributed by atoms with E-state index in [9.17, 15) is 14.0 Å². The second kappa shape index (κ2) is 9.07. The fourth-order valence-corrected chi connectivity index (χ4v) is 2.81. The van der Waals surface area contributed by atoms with Gasteiger partial charge in [-0.2, -0.15) is 0 Å². The Morgan fingerprint density at radius 3 is 2.16 bits per heavy atom. The molecule has 0 saturated carbocycles. The SMILES string of the molecule is CCC(=O)/C(=C/c1ccc(F)cc1)C(Cc1ccccc1)C(=O)CC. The summed E-state index contributed by atoms with van der Waals surface area (Å²) in [6.07, 6.45) is 2.92. The summed E-state index contributed by atoms with van der Waals surface area (Å²) < 4.78 is 13.1. The first-order valence-corrected chi connectivity index (χ1v) is 8.62. The third kappa shape index (κ3) is 5.21. The van der Waals surface area contributed by atoms with Crippen LogP contribution >= 0.6 is 0 Å². The smallest absolute Gasteiger partial charge is 0.159 e. The summed E-state index contributed by atoms with van der Waals surface area (Å²) in [5.41, 5.74) is 2.24. The molecule has 0 bridgehead atoms. The van der Waals surface area contributed by atoms with Crippen molar-refractivity contribution in [3.05, 3.63) is 77.1 Å². The number of ketones is 2. The van der Waals surface area contributed by atoms with Crippen molar-refractivity contribution >= 4 is 17.6 Å². The van der Waals surface area contributed by atoms with E-state index in [0.717, 1.165) is 11.1 Å². The Morgan fingerprint density at radius 1 is 0.960 bits per heavy atom. The molecule has 0 aromatic heterocycles. The Bertz CT molecular complexity index is 745. The number of allylic oxidation sites excluding steroid dienone is 1. The Hall–Kier alpha value is -2.55. The van der Waals surface area contributed by atoms with E-state index in [2.05, 4.69) is 0 Å². The summed E-state index contributed by atoms with van der Waals surface area (Å²) in [4.78, 5) is 25.1. The molecule has 0 fully saturated rings. The molecule has 25 heavy (non-hydrogen) atoms. The van der Waals surface area contributed by atoms with Gasteiger partial charge in [-0.05, 0) is 35.8 Å². The lowest BCUT2D eigenvalue weighted by molar-refractivity contribution is -0.124. The van der Waals surface area contributed by atoms with E-state index in [-0.39, 0.29) is 17.4 Å². The highest BCUT2D eigenvalue weighted by molar-refractivity contribution is 6.05. The van der Waals surface area contributed by atoms with Crippen LogP contribution in [0.2, 0.25) is 0 Å². The topological polar surface area (TPSA) is 34.1 Å². The molecule has 1 unspecified atom stereocenters. The van der Waals surface area contributed by atoms with Crippen LogP contribution < -0.4 is 0 Å². The normalized spacial score (nSPS) is 12.7. The number of hydrogen-bond acceptors (Lipinski definition) is 2. The van der Waals surface area contributed by atoms with Crippen LogP contribution in [0.15, 0.2) is 60.2 Å². The van der Waals surface area contributed by atoms with E-state index >= 15 is 0 Å². The molecule has 0 aliphatic carbocycles. The molecule has 2 rings (SSSR count). The van der Waals surface area contributed by atoms with Gasteiger partial charge in [0.1, 0.15) is 11.6 Å². The minimum atomic E-state index is -0.482. The summed E-state index contributed by atoms with van der Waals surface area (Å²) in [5, 5.41) is 0. The van der Waals surface area contributed by atoms with Gasteiger partial charge in [-0.3, -0.25) is 9.59 Å². The van der Waals surface area contributed by atoms with Crippen LogP contribution in [-0.4, -0.2) is 11.6 Å². The van der Waals surface area contributed by atoms with Crippen LogP contribution in [0.5, 0.6) is 0 Å². The highest BCUT2D eigenvalue weighted by Gasteiger charge is 2.26. The largest absolute Gasteiger partial charge is 0.299 e. The van der Waals surface area contributed by atoms with Gasteiger partial charge >= 0.3 is 0 Å². The predicted octanol–water partition coefficient (Wildman–Crippen LogP) is 5.03. The molecule has 0 spiro atoms. The predicted molar refractivity (Wildman–Crippen MR) is 98.6 cm³/mol. The van der Waals surface area contributed by atoms with E-state index in [4.69, 9.17) is 0 Å². The third-order valence-corrected chi connectivity index (χ3v) is 4.23. The average Bonchev–Trinajstić information content (AvgIpc) is 2.65. The molecular weight excluding hydrogens is 315 g/mol. The molecule has 0 N–H and O–H groups in total. The van der Waals surface area contributed by atoms with Crippen LogP contribution in [0, 0.1) is 11.7 Å². The summed E-state index contributed by atoms with van der Waals surface area (Å²) in [6.45, 7) is 3.60. The van der Waals surface area contributed by atoms with E-state index in [1.807, 2.05) is 37.3 Å². The van der Waals surface area contributed by atoms with E-state index < -0.39 is 5.92 Å². The van der Waals surface area contributed by atoms with Crippen molar-refractivity contribution in [2.75, 3.05) is 0 Å². The van der Waals surface area contributed by atoms with Gasteiger partial charge in [0.15, 0.2) is 5.78 Å². The van der Waals surface area contributed by atoms with Gasteiger partial charge in [0.05, 0.1) is 5.92 Å². The lowest BCUT2D eigenvalue weighted by atomic mass is 9.83. The zero-order valence-corrected chi connectivity index (χ0v) is 14.7. The summed E-state index contributed by atoms with van der Waals surface area (Å²) >= 11 is 0. The van der Waals surface area contributed by atoms with Crippen LogP contribution in [0.1, 0.15) is 37.8 Å². The molecule has 0 aliphatic rings. The zero-order chi connectivity index (χ0) is 18.2. The van der Waals surface area contributed by atoms with Crippen molar-refractivity contribution < 1.29 is 14.0 Å². The second-order valence-corrected chi connectivity index (χ2v) is 5.99. The molecule has 0 saturated heterocycles. The van der Waals surface area contributed by atoms with Gasteiger partial charge < -0.3 is 0 Å². The molecule has 2 aromatic carbocycles. The summed E-state index contributed by atoms with van der Waals surface area (Å²) in [5.74, 6) is -0.818. The van der Waals surface area contributed by atoms with Gasteiger partial charge in [0.25, 0.3) is 0 Å². The van der Waals surface area contributed by atoms with Crippen molar-refractivity contribution in [1.29, 1.82) is 0 Å². The first-order valence-electron chi connectivity index (χ1n) is 8.62. The van der Waals surface area contributed by atoms with E-state index in [0.29, 0.717) is 24.8 Å². The zero-order valence-electron chi connectivity index (χ0n) is 14.7. The first kappa shape index (κ1) is 18.8. The lowest BCUT2D eigenvalue weighted by Crippen LogP contribution is -2.23. The molecule has 0 radical (unpaired) electrons. The first-order chi connectivity index (χ1) is 12.0. The highest BCUT2D eigenvalue weighted by Crippen LogP contribution is 2.24. The molecule has 0 heterocycles. The van der Waals surface area contributed by atoms with E-state index in [1.54, 1.807) is 25.1 Å². The fourth-order valence-electron chi connectivity index (χ4n) is 2.81. The van der Waals surface area contributed by atoms with Crippen molar-refractivity contribution in [3.63, 3.8) is 0 Å². The number of Topliss-reactive ketones (excluding diaryl/α,β-unsaturated/α-hetero) is 2. The van der Waals surface area contributed by atoms with Crippen molar-refractivity contribution in [2.24, 2.45) is 5.92 Å². The summed E-state index contributed by atoms with van der Waals surface area (Å²) in [6, 6.07) is 15.6. The van der Waals surface area contributed by atoms with Crippen LogP contribution in [-0.2, 0) is 16.0 Å². The number of rotatable bonds is 8. The average molecular weight is 338 g/mol. The minimum Gasteiger partial charge on any atom is -0.299 e. The van der Waals surface area contributed by atoms with E-state index in [1.165, 1.54) is 12.1 Å². The molecule has 0 amide bonds. The Balaban J connectivity index is 2.44. The standard InChI is InChI=1S/C22H23FO2/c1-3-21(24)19(14-16-8-6-5-7-9-16)20(22(25)4-2)15-17-10-12-18(23)13-11-17/h5-13,15,19H,3-4,14H2,1-2H3/b20-15+. The van der Waals surface area contributed by atoms with Gasteiger partial charge in [0.2, 0.25) is 0 Å².